The molecule has 2 fully saturated rings. The van der Waals surface area contributed by atoms with Crippen LogP contribution < -0.4 is 4.74 Å². The molecule has 0 amide bonds. The Kier molecular flexibility index (Phi) is 6.39. The van der Waals surface area contributed by atoms with Crippen LogP contribution in [0, 0.1) is 5.92 Å². The number of hydrogen-bond donors (Lipinski definition) is 5. The van der Waals surface area contributed by atoms with Crippen LogP contribution in [0.15, 0.2) is 24.3 Å². The molecule has 3 heterocycles. The molecule has 5 aliphatic rings. The molecule has 12 heteroatoms. The number of phenolic OH excluding ortho intramolecular Hbond substituents is 1. The molecule has 0 unspecified atom stereocenters. The summed E-state index contributed by atoms with van der Waals surface area (Å²) in [5.74, 6) is -0.824. The molecule has 1 aromatic carbocycles. The van der Waals surface area contributed by atoms with Gasteiger partial charge in [-0.3, -0.25) is 0 Å². The molecule has 1 aromatic rings. The second-order valence-corrected chi connectivity index (χ2v) is 9.78. The highest BCUT2D eigenvalue weighted by Crippen LogP contribution is 2.62. The van der Waals surface area contributed by atoms with Crippen molar-refractivity contribution in [2.24, 2.45) is 5.92 Å². The zero-order valence-electron chi connectivity index (χ0n) is 18.9. The van der Waals surface area contributed by atoms with E-state index in [0.29, 0.717) is 5.75 Å². The quantitative estimate of drug-likeness (QED) is 0.276. The molecule has 0 aromatic heterocycles. The first kappa shape index (κ1) is 25.8. The van der Waals surface area contributed by atoms with Crippen molar-refractivity contribution in [3.63, 3.8) is 0 Å². The highest BCUT2D eigenvalue weighted by Gasteiger charge is 2.65. The summed E-state index contributed by atoms with van der Waals surface area (Å²) < 4.78 is 17.7. The van der Waals surface area contributed by atoms with Gasteiger partial charge in [0.25, 0.3) is 0 Å². The molecule has 2 bridgehead atoms. The number of aromatic hydroxyl groups is 1. The number of likely N-dealkylation sites (tertiary alicyclic amines) is 1. The highest BCUT2D eigenvalue weighted by atomic mass is 16.7. The molecule has 2 aliphatic carbocycles. The number of benzene rings is 1. The van der Waals surface area contributed by atoms with Crippen LogP contribution in [0.2, 0.25) is 0 Å². The fourth-order valence-corrected chi connectivity index (χ4v) is 6.66. The lowest BCUT2D eigenvalue weighted by molar-refractivity contribution is -0.307. The lowest BCUT2D eigenvalue weighted by atomic mass is 9.53. The first-order chi connectivity index (χ1) is 15.7. The normalized spacial score (nSPS) is 42.8. The van der Waals surface area contributed by atoms with Gasteiger partial charge < -0.3 is 55.6 Å². The number of aliphatic hydroxyl groups excluding tert-OH is 3. The summed E-state index contributed by atoms with van der Waals surface area (Å²) in [6.45, 7) is 0.838. The van der Waals surface area contributed by atoms with Gasteiger partial charge in [-0.15, -0.1) is 0 Å². The number of phenols is 1. The number of carboxylic acids is 1. The number of carboxylic acid groups (broad SMARTS) is 1. The van der Waals surface area contributed by atoms with Crippen LogP contribution in [0.25, 0.3) is 0 Å². The van der Waals surface area contributed by atoms with Crippen molar-refractivity contribution in [2.45, 2.75) is 67.2 Å². The number of nitrogens with zero attached hydrogens (tertiary/aromatic N) is 1. The summed E-state index contributed by atoms with van der Waals surface area (Å²) in [5, 5.41) is 50.5. The van der Waals surface area contributed by atoms with Gasteiger partial charge in [-0.2, -0.15) is 0 Å². The number of aliphatic hydroxyl groups is 3. The van der Waals surface area contributed by atoms with E-state index in [-0.39, 0.29) is 28.7 Å². The van der Waals surface area contributed by atoms with Crippen molar-refractivity contribution in [1.29, 1.82) is 0 Å². The molecule has 194 valence electrons. The maximum atomic E-state index is 11.5. The lowest BCUT2D eigenvalue weighted by Gasteiger charge is -2.57. The second kappa shape index (κ2) is 8.68. The van der Waals surface area contributed by atoms with E-state index in [9.17, 15) is 30.3 Å². The van der Waals surface area contributed by atoms with Crippen molar-refractivity contribution in [3.05, 3.63) is 35.4 Å². The molecule has 6 rings (SSSR count). The van der Waals surface area contributed by atoms with Gasteiger partial charge >= 0.3 is 5.97 Å². The third-order valence-electron chi connectivity index (χ3n) is 8.23. The molecule has 2 saturated heterocycles. The van der Waals surface area contributed by atoms with Crippen LogP contribution in [-0.4, -0.2) is 110 Å². The lowest BCUT2D eigenvalue weighted by Crippen LogP contribution is -2.66. The van der Waals surface area contributed by atoms with Crippen LogP contribution in [0.4, 0.5) is 0 Å². The predicted octanol–water partition coefficient (Wildman–Crippen LogP) is -2.53. The zero-order chi connectivity index (χ0) is 23.2. The van der Waals surface area contributed by atoms with Crippen LogP contribution in [-0.2, 0) is 26.1 Å². The van der Waals surface area contributed by atoms with Gasteiger partial charge in [0.15, 0.2) is 23.9 Å². The Hall–Kier alpha value is -2.29. The summed E-state index contributed by atoms with van der Waals surface area (Å²) in [7, 11) is 2.11. The van der Waals surface area contributed by atoms with E-state index in [0.717, 1.165) is 30.5 Å². The van der Waals surface area contributed by atoms with Crippen molar-refractivity contribution in [1.82, 2.24) is 4.90 Å². The molecular weight excluding hydrogens is 466 g/mol. The summed E-state index contributed by atoms with van der Waals surface area (Å²) >= 11 is 0. The van der Waals surface area contributed by atoms with Gasteiger partial charge in [0.05, 0.1) is 0 Å². The van der Waals surface area contributed by atoms with Gasteiger partial charge in [-0.1, -0.05) is 18.2 Å². The fourth-order valence-electron chi connectivity index (χ4n) is 6.66. The Morgan fingerprint density at radius 1 is 1.14 bits per heavy atom. The van der Waals surface area contributed by atoms with Crippen LogP contribution in [0.3, 0.4) is 0 Å². The highest BCUT2D eigenvalue weighted by molar-refractivity contribution is 5.73. The number of carbonyl (C=O) groups is 1. The Balaban J connectivity index is 0.00000144. The molecule has 3 aliphatic heterocycles. The summed E-state index contributed by atoms with van der Waals surface area (Å²) in [5.41, 5.74) is 1.69. The smallest absolute Gasteiger partial charge is 0.335 e. The summed E-state index contributed by atoms with van der Waals surface area (Å²) in [4.78, 5) is 13.8. The van der Waals surface area contributed by atoms with Crippen molar-refractivity contribution in [3.8, 4) is 11.5 Å². The van der Waals surface area contributed by atoms with Gasteiger partial charge in [0.2, 0.25) is 0 Å². The minimum Gasteiger partial charge on any atom is -0.504 e. The van der Waals surface area contributed by atoms with Crippen molar-refractivity contribution in [2.75, 3.05) is 13.6 Å². The maximum absolute atomic E-state index is 11.5. The van der Waals surface area contributed by atoms with Crippen molar-refractivity contribution >= 4 is 5.97 Å². The summed E-state index contributed by atoms with van der Waals surface area (Å²) in [6.07, 6.45) is -4.16. The Morgan fingerprint density at radius 2 is 1.89 bits per heavy atom. The van der Waals surface area contributed by atoms with E-state index in [1.165, 1.54) is 0 Å². The second-order valence-electron chi connectivity index (χ2n) is 9.78. The fraction of sp³-hybridized carbons (Fsp3) is 0.609. The number of aliphatic carboxylic acids is 1. The van der Waals surface area contributed by atoms with Crippen LogP contribution in [0.1, 0.15) is 17.5 Å². The molecule has 35 heavy (non-hydrogen) atoms. The zero-order valence-corrected chi connectivity index (χ0v) is 18.9. The number of rotatable bonds is 3. The third kappa shape index (κ3) is 3.33. The van der Waals surface area contributed by atoms with E-state index in [2.05, 4.69) is 18.0 Å². The Labute approximate surface area is 200 Å². The topological polar surface area (TPSA) is 212 Å². The van der Waals surface area contributed by atoms with Gasteiger partial charge in [-0.05, 0) is 38.1 Å². The van der Waals surface area contributed by atoms with Crippen molar-refractivity contribution < 1.29 is 55.5 Å². The van der Waals surface area contributed by atoms with Crippen LogP contribution in [0.5, 0.6) is 11.5 Å². The largest absolute Gasteiger partial charge is 0.504 e. The molecular formula is C23H31NO11. The maximum Gasteiger partial charge on any atom is 0.335 e. The number of ether oxygens (including phenoxy) is 3. The SMILES string of the molecule is CN1CC[C@]23c4c5ccc(O)c4O[C@H]2[C@@H](O[C@@H]2O[C@H](C(=O)O)[C@@H](O)[C@H](O)[C@H]2O)C=C[C@H]3[C@H]1C5.O.O. The Bertz CT molecular complexity index is 1030. The predicted molar refractivity (Wildman–Crippen MR) is 118 cm³/mol. The van der Waals surface area contributed by atoms with E-state index in [1.54, 1.807) is 6.07 Å². The number of piperidine rings is 1. The van der Waals surface area contributed by atoms with E-state index < -0.39 is 54.3 Å². The van der Waals surface area contributed by atoms with E-state index in [4.69, 9.17) is 14.2 Å². The van der Waals surface area contributed by atoms with Crippen LogP contribution >= 0.6 is 0 Å². The van der Waals surface area contributed by atoms with E-state index in [1.807, 2.05) is 12.1 Å². The van der Waals surface area contributed by atoms with Gasteiger partial charge in [0.1, 0.15) is 30.5 Å². The van der Waals surface area contributed by atoms with E-state index >= 15 is 0 Å². The number of hydrogen-bond acceptors (Lipinski definition) is 9. The average molecular weight is 497 g/mol. The minimum atomic E-state index is -1.79. The molecule has 9 N–H and O–H groups in total. The first-order valence-corrected chi connectivity index (χ1v) is 11.2. The van der Waals surface area contributed by atoms with Gasteiger partial charge in [0, 0.05) is 22.9 Å². The molecule has 0 saturated carbocycles. The van der Waals surface area contributed by atoms with Gasteiger partial charge in [-0.25, -0.2) is 4.79 Å². The third-order valence-corrected chi connectivity index (χ3v) is 8.23. The monoisotopic (exact) mass is 497 g/mol. The Morgan fingerprint density at radius 3 is 2.60 bits per heavy atom. The molecule has 0 radical (unpaired) electrons. The standard InChI is InChI=1S/C23H27NO9.2H2O/c1-24-7-6-23-10-3-5-13(31-22-17(28)15(26)16(27)19(33-22)21(29)30)20(23)32-18-12(25)4-2-9(14(18)23)8-11(10)24;;/h2-5,10-11,13,15-17,19-20,22,25-28H,6-8H2,1H3,(H,29,30);2*1H2/t10-,11+,13-,15-,16-,17+,19-,20-,22+,23-;;/m0../s1. The molecule has 1 spiro atoms. The first-order valence-electron chi connectivity index (χ1n) is 11.2. The summed E-state index contributed by atoms with van der Waals surface area (Å²) in [6, 6.07) is 3.85. The molecule has 10 atom stereocenters. The number of likely N-dealkylation sites (N-methyl/N-ethyl adjacent to an activating group) is 1. The minimum absolute atomic E-state index is 0. The molecule has 12 nitrogen and oxygen atoms in total. The average Bonchev–Trinajstić information content (AvgIpc) is 3.14.